The van der Waals surface area contributed by atoms with Crippen LogP contribution in [0.2, 0.25) is 5.02 Å². The Morgan fingerprint density at radius 2 is 1.83 bits per heavy atom. The van der Waals surface area contributed by atoms with Crippen LogP contribution < -0.4 is 20.3 Å². The Morgan fingerprint density at radius 3 is 2.56 bits per heavy atom. The zero-order valence-corrected chi connectivity index (χ0v) is 22.1. The molecule has 0 spiro atoms. The molecule has 1 atom stereocenters. The summed E-state index contributed by atoms with van der Waals surface area (Å²) >= 11 is 5.85. The first-order valence-electron chi connectivity index (χ1n) is 12.3. The highest BCUT2D eigenvalue weighted by atomic mass is 35.5. The standard InChI is InChI=1S/C27H24ClF4N5O4/c28-20-4-6-22(7-5-20)40-17-19-8-10-36(25(38)13-19)11-9-21(29)15-37-16-24(34-35-37)26(39)33-14-18-2-1-3-23(12-18)41-27(30,31)32/h1-8,10,12-13,16,21H,9,11,14-15,17H2,(H,33,39). The normalized spacial score (nSPS) is 12.1. The van der Waals surface area contributed by atoms with Gasteiger partial charge < -0.3 is 19.4 Å². The number of amides is 1. The van der Waals surface area contributed by atoms with Crippen molar-refractivity contribution in [2.24, 2.45) is 0 Å². The number of aryl methyl sites for hydroxylation is 1. The Bertz CT molecular complexity index is 1530. The van der Waals surface area contributed by atoms with Crippen LogP contribution in [0.5, 0.6) is 11.5 Å². The van der Waals surface area contributed by atoms with Crippen molar-refractivity contribution in [3.8, 4) is 11.5 Å². The molecule has 2 heterocycles. The first-order chi connectivity index (χ1) is 19.5. The fraction of sp³-hybridized carbons (Fsp3) is 0.259. The molecule has 0 aliphatic heterocycles. The Hall–Kier alpha value is -4.39. The van der Waals surface area contributed by atoms with E-state index in [0.29, 0.717) is 21.9 Å². The third-order valence-electron chi connectivity index (χ3n) is 5.70. The molecule has 0 saturated heterocycles. The van der Waals surface area contributed by atoms with Crippen molar-refractivity contribution >= 4 is 17.5 Å². The Kier molecular flexibility index (Phi) is 9.61. The van der Waals surface area contributed by atoms with E-state index >= 15 is 0 Å². The zero-order chi connectivity index (χ0) is 29.4. The lowest BCUT2D eigenvalue weighted by Crippen LogP contribution is -2.23. The van der Waals surface area contributed by atoms with Crippen LogP contribution in [-0.2, 0) is 26.2 Å². The van der Waals surface area contributed by atoms with E-state index in [9.17, 15) is 27.2 Å². The number of pyridine rings is 1. The van der Waals surface area contributed by atoms with E-state index in [0.717, 1.165) is 16.8 Å². The predicted octanol–water partition coefficient (Wildman–Crippen LogP) is 4.93. The molecule has 41 heavy (non-hydrogen) atoms. The minimum atomic E-state index is -4.83. The van der Waals surface area contributed by atoms with E-state index in [2.05, 4.69) is 20.4 Å². The number of rotatable bonds is 12. The number of halogens is 5. The maximum Gasteiger partial charge on any atom is 0.573 e. The molecular formula is C27H24ClF4N5O4. The molecule has 1 unspecified atom stereocenters. The molecule has 4 aromatic rings. The van der Waals surface area contributed by atoms with Crippen molar-refractivity contribution in [1.29, 1.82) is 0 Å². The summed E-state index contributed by atoms with van der Waals surface area (Å²) in [6, 6.07) is 15.1. The first kappa shape index (κ1) is 29.6. The second kappa shape index (κ2) is 13.3. The minimum absolute atomic E-state index is 0.0122. The molecule has 1 amide bonds. The molecular weight excluding hydrogens is 570 g/mol. The molecule has 14 heteroatoms. The fourth-order valence-corrected chi connectivity index (χ4v) is 3.84. The quantitative estimate of drug-likeness (QED) is 0.234. The summed E-state index contributed by atoms with van der Waals surface area (Å²) in [4.78, 5) is 24.8. The number of alkyl halides is 4. The maximum absolute atomic E-state index is 14.6. The van der Waals surface area contributed by atoms with Gasteiger partial charge in [-0.1, -0.05) is 28.9 Å². The van der Waals surface area contributed by atoms with Gasteiger partial charge in [0.1, 0.15) is 24.3 Å². The Balaban J connectivity index is 1.22. The number of carbonyl (C=O) groups excluding carboxylic acids is 1. The van der Waals surface area contributed by atoms with Crippen LogP contribution in [0, 0.1) is 0 Å². The van der Waals surface area contributed by atoms with Crippen molar-refractivity contribution in [1.82, 2.24) is 24.9 Å². The molecule has 0 aliphatic rings. The Morgan fingerprint density at radius 1 is 1.05 bits per heavy atom. The minimum Gasteiger partial charge on any atom is -0.489 e. The number of benzene rings is 2. The molecule has 216 valence electrons. The van der Waals surface area contributed by atoms with Gasteiger partial charge in [0.15, 0.2) is 5.69 Å². The first-order valence-corrected chi connectivity index (χ1v) is 12.7. The second-order valence-electron chi connectivity index (χ2n) is 8.90. The average molecular weight is 594 g/mol. The number of aromatic nitrogens is 4. The molecule has 2 aromatic carbocycles. The summed E-state index contributed by atoms with van der Waals surface area (Å²) in [6.45, 7) is 0.0220. The summed E-state index contributed by atoms with van der Waals surface area (Å²) < 4.78 is 63.9. The van der Waals surface area contributed by atoms with Crippen LogP contribution in [-0.4, -0.2) is 38.0 Å². The van der Waals surface area contributed by atoms with Gasteiger partial charge in [-0.2, -0.15) is 0 Å². The predicted molar refractivity (Wildman–Crippen MR) is 140 cm³/mol. The summed E-state index contributed by atoms with van der Waals surface area (Å²) in [5, 5.41) is 10.6. The summed E-state index contributed by atoms with van der Waals surface area (Å²) in [5.41, 5.74) is 0.639. The number of ether oxygens (including phenoxy) is 2. The van der Waals surface area contributed by atoms with Gasteiger partial charge in [-0.15, -0.1) is 18.3 Å². The monoisotopic (exact) mass is 593 g/mol. The van der Waals surface area contributed by atoms with E-state index in [1.165, 1.54) is 29.0 Å². The maximum atomic E-state index is 14.6. The van der Waals surface area contributed by atoms with Crippen LogP contribution in [0.25, 0.3) is 0 Å². The van der Waals surface area contributed by atoms with E-state index < -0.39 is 24.2 Å². The van der Waals surface area contributed by atoms with Crippen LogP contribution in [0.15, 0.2) is 77.9 Å². The number of hydrogen-bond donors (Lipinski definition) is 1. The van der Waals surface area contributed by atoms with Crippen LogP contribution in [0.4, 0.5) is 17.6 Å². The van der Waals surface area contributed by atoms with Gasteiger partial charge in [0.2, 0.25) is 0 Å². The van der Waals surface area contributed by atoms with Gasteiger partial charge in [-0.25, -0.2) is 9.07 Å². The van der Waals surface area contributed by atoms with E-state index in [1.807, 2.05) is 0 Å². The lowest BCUT2D eigenvalue weighted by Gasteiger charge is -2.11. The third kappa shape index (κ3) is 9.34. The molecule has 0 saturated carbocycles. The number of carbonyl (C=O) groups is 1. The van der Waals surface area contributed by atoms with Gasteiger partial charge in [0, 0.05) is 30.4 Å². The Labute approximate surface area is 236 Å². The molecule has 4 rings (SSSR count). The highest BCUT2D eigenvalue weighted by Crippen LogP contribution is 2.23. The zero-order valence-electron chi connectivity index (χ0n) is 21.4. The highest BCUT2D eigenvalue weighted by molar-refractivity contribution is 6.30. The van der Waals surface area contributed by atoms with Crippen LogP contribution in [0.3, 0.4) is 0 Å². The molecule has 1 N–H and O–H groups in total. The lowest BCUT2D eigenvalue weighted by molar-refractivity contribution is -0.274. The average Bonchev–Trinajstić information content (AvgIpc) is 3.38. The SMILES string of the molecule is O=C(NCc1cccc(OC(F)(F)F)c1)c1cn(CC(F)CCn2ccc(COc3ccc(Cl)cc3)cc2=O)nn1. The van der Waals surface area contributed by atoms with Gasteiger partial charge >= 0.3 is 6.36 Å². The molecule has 0 radical (unpaired) electrons. The van der Waals surface area contributed by atoms with Gasteiger partial charge in [0.25, 0.3) is 11.5 Å². The summed E-state index contributed by atoms with van der Waals surface area (Å²) in [5.74, 6) is -0.441. The van der Waals surface area contributed by atoms with Crippen molar-refractivity contribution in [2.45, 2.75) is 45.2 Å². The van der Waals surface area contributed by atoms with Gasteiger partial charge in [0.05, 0.1) is 12.7 Å². The highest BCUT2D eigenvalue weighted by Gasteiger charge is 2.31. The smallest absolute Gasteiger partial charge is 0.489 e. The molecule has 9 nitrogen and oxygen atoms in total. The van der Waals surface area contributed by atoms with Crippen molar-refractivity contribution in [3.05, 3.63) is 105 Å². The number of nitrogens with one attached hydrogen (secondary N) is 1. The van der Waals surface area contributed by atoms with E-state index in [4.69, 9.17) is 16.3 Å². The van der Waals surface area contributed by atoms with E-state index in [1.54, 1.807) is 36.5 Å². The van der Waals surface area contributed by atoms with Gasteiger partial charge in [-0.05, 0) is 60.0 Å². The number of hydrogen-bond acceptors (Lipinski definition) is 6. The van der Waals surface area contributed by atoms with Crippen LogP contribution in [0.1, 0.15) is 28.0 Å². The fourth-order valence-electron chi connectivity index (χ4n) is 3.71. The topological polar surface area (TPSA) is 100 Å². The largest absolute Gasteiger partial charge is 0.573 e. The number of nitrogens with zero attached hydrogens (tertiary/aromatic N) is 4. The molecule has 0 bridgehead atoms. The second-order valence-corrected chi connectivity index (χ2v) is 9.34. The lowest BCUT2D eigenvalue weighted by atomic mass is 10.2. The summed E-state index contributed by atoms with van der Waals surface area (Å²) in [6.07, 6.45) is -3.38. The van der Waals surface area contributed by atoms with Crippen LogP contribution >= 0.6 is 11.6 Å². The third-order valence-corrected chi connectivity index (χ3v) is 5.96. The van der Waals surface area contributed by atoms with E-state index in [-0.39, 0.29) is 43.9 Å². The van der Waals surface area contributed by atoms with Crippen molar-refractivity contribution < 1.29 is 31.8 Å². The molecule has 2 aromatic heterocycles. The van der Waals surface area contributed by atoms with Gasteiger partial charge in [-0.3, -0.25) is 9.59 Å². The molecule has 0 fully saturated rings. The van der Waals surface area contributed by atoms with Crippen molar-refractivity contribution in [2.75, 3.05) is 0 Å². The van der Waals surface area contributed by atoms with Crippen molar-refractivity contribution in [3.63, 3.8) is 0 Å². The summed E-state index contributed by atoms with van der Waals surface area (Å²) in [7, 11) is 0. The molecule has 0 aliphatic carbocycles.